The van der Waals surface area contributed by atoms with Crippen LogP contribution in [-0.2, 0) is 16.2 Å². The number of ether oxygens (including phenoxy) is 2. The van der Waals surface area contributed by atoms with Gasteiger partial charge in [0.2, 0.25) is 0 Å². The smallest absolute Gasteiger partial charge is 0.410 e. The molecule has 7 nitrogen and oxygen atoms in total. The summed E-state index contributed by atoms with van der Waals surface area (Å²) < 4.78 is 14.5. The van der Waals surface area contributed by atoms with Crippen LogP contribution in [0.25, 0.3) is 11.0 Å². The summed E-state index contributed by atoms with van der Waals surface area (Å²) in [6.45, 7) is 16.8. The van der Waals surface area contributed by atoms with Crippen LogP contribution in [-0.4, -0.2) is 67.0 Å². The molecule has 0 saturated carbocycles. The molecule has 1 amide bonds. The number of nitrogens with zero attached hydrogens (tertiary/aromatic N) is 4. The molecule has 0 spiro atoms. The quantitative estimate of drug-likeness (QED) is 0.396. The molecule has 172 valence electrons. The number of hydrogen-bond acceptors (Lipinski definition) is 5. The first-order valence-electron chi connectivity index (χ1n) is 10.9. The highest BCUT2D eigenvalue weighted by molar-refractivity contribution is 9.10. The molecule has 0 bridgehead atoms. The second-order valence-electron chi connectivity index (χ2n) is 10.3. The zero-order chi connectivity index (χ0) is 22.8. The standard InChI is InChI=1S/C22H35BrN4O3Si/c1-22(2,3)30-21(28)26-11-9-25(10-12-26)18-7-8-24-20-19(18)17(23)15-27(20)16-29-13-14-31(4,5)6/h7-8,15H,9-14,16H2,1-6H3. The van der Waals surface area contributed by atoms with Crippen LogP contribution in [0, 0.1) is 0 Å². The van der Waals surface area contributed by atoms with Crippen LogP contribution in [0.5, 0.6) is 0 Å². The Kier molecular flexibility index (Phi) is 7.38. The van der Waals surface area contributed by atoms with Crippen molar-refractivity contribution >= 4 is 46.8 Å². The molecule has 0 atom stereocenters. The zero-order valence-corrected chi connectivity index (χ0v) is 22.2. The number of halogens is 1. The van der Waals surface area contributed by atoms with Crippen LogP contribution in [0.15, 0.2) is 22.9 Å². The van der Waals surface area contributed by atoms with E-state index in [-0.39, 0.29) is 6.09 Å². The molecule has 9 heteroatoms. The number of fused-ring (bicyclic) bond motifs is 1. The maximum absolute atomic E-state index is 12.4. The lowest BCUT2D eigenvalue weighted by Crippen LogP contribution is -2.50. The molecule has 0 N–H and O–H groups in total. The first-order chi connectivity index (χ1) is 14.4. The molecule has 31 heavy (non-hydrogen) atoms. The van der Waals surface area contributed by atoms with Crippen LogP contribution in [0.2, 0.25) is 25.7 Å². The number of carbonyl (C=O) groups excluding carboxylic acids is 1. The van der Waals surface area contributed by atoms with E-state index in [1.807, 2.05) is 39.2 Å². The molecule has 1 aliphatic heterocycles. The van der Waals surface area contributed by atoms with Crippen molar-refractivity contribution in [1.82, 2.24) is 14.5 Å². The van der Waals surface area contributed by atoms with E-state index in [1.54, 1.807) is 4.90 Å². The predicted molar refractivity (Wildman–Crippen MR) is 132 cm³/mol. The molecule has 0 radical (unpaired) electrons. The summed E-state index contributed by atoms with van der Waals surface area (Å²) in [7, 11) is -1.11. The van der Waals surface area contributed by atoms with Crippen molar-refractivity contribution in [2.75, 3.05) is 37.7 Å². The molecular weight excluding hydrogens is 476 g/mol. The van der Waals surface area contributed by atoms with Crippen LogP contribution in [0.3, 0.4) is 0 Å². The van der Waals surface area contributed by atoms with E-state index in [2.05, 4.69) is 50.0 Å². The van der Waals surface area contributed by atoms with Crippen molar-refractivity contribution < 1.29 is 14.3 Å². The fourth-order valence-corrected chi connectivity index (χ4v) is 4.89. The van der Waals surface area contributed by atoms with Crippen molar-refractivity contribution in [3.63, 3.8) is 0 Å². The van der Waals surface area contributed by atoms with Gasteiger partial charge in [0.05, 0.1) is 11.1 Å². The van der Waals surface area contributed by atoms with Gasteiger partial charge in [-0.05, 0) is 48.8 Å². The van der Waals surface area contributed by atoms with Gasteiger partial charge in [-0.1, -0.05) is 19.6 Å². The van der Waals surface area contributed by atoms with Gasteiger partial charge in [-0.2, -0.15) is 0 Å². The van der Waals surface area contributed by atoms with E-state index < -0.39 is 13.7 Å². The highest BCUT2D eigenvalue weighted by Gasteiger charge is 2.27. The van der Waals surface area contributed by atoms with Crippen LogP contribution in [0.1, 0.15) is 20.8 Å². The highest BCUT2D eigenvalue weighted by Crippen LogP contribution is 2.34. The van der Waals surface area contributed by atoms with E-state index in [1.165, 1.54) is 0 Å². The van der Waals surface area contributed by atoms with Crippen LogP contribution < -0.4 is 4.90 Å². The Bertz CT molecular complexity index is 912. The minimum Gasteiger partial charge on any atom is -0.444 e. The first-order valence-corrected chi connectivity index (χ1v) is 15.4. The summed E-state index contributed by atoms with van der Waals surface area (Å²) in [5.74, 6) is 0. The predicted octanol–water partition coefficient (Wildman–Crippen LogP) is 5.17. The Morgan fingerprint density at radius 1 is 1.19 bits per heavy atom. The van der Waals surface area contributed by atoms with Crippen molar-refractivity contribution in [2.45, 2.75) is 58.8 Å². The molecule has 3 rings (SSSR count). The minimum absolute atomic E-state index is 0.241. The fraction of sp³-hybridized carbons (Fsp3) is 0.636. The third kappa shape index (κ3) is 6.46. The molecule has 1 aliphatic rings. The SMILES string of the molecule is CC(C)(C)OC(=O)N1CCN(c2ccnc3c2c(Br)cn3COCC[Si](C)(C)C)CC1. The summed E-state index contributed by atoms with van der Waals surface area (Å²) in [6.07, 6.45) is 3.66. The Morgan fingerprint density at radius 2 is 1.87 bits per heavy atom. The van der Waals surface area contributed by atoms with Gasteiger partial charge in [-0.3, -0.25) is 0 Å². The summed E-state index contributed by atoms with van der Waals surface area (Å²) in [5, 5.41) is 1.09. The fourth-order valence-electron chi connectivity index (χ4n) is 3.51. The Morgan fingerprint density at radius 3 is 2.48 bits per heavy atom. The van der Waals surface area contributed by atoms with Crippen molar-refractivity contribution in [3.8, 4) is 0 Å². The number of amides is 1. The Balaban J connectivity index is 1.68. The summed E-state index contributed by atoms with van der Waals surface area (Å²) >= 11 is 3.72. The van der Waals surface area contributed by atoms with Gasteiger partial charge < -0.3 is 23.8 Å². The van der Waals surface area contributed by atoms with Crippen molar-refractivity contribution in [2.24, 2.45) is 0 Å². The molecule has 3 heterocycles. The third-order valence-electron chi connectivity index (χ3n) is 5.19. The second-order valence-corrected chi connectivity index (χ2v) is 16.8. The molecular formula is C22H35BrN4O3Si. The van der Waals surface area contributed by atoms with Gasteiger partial charge in [0, 0.05) is 57.7 Å². The number of aromatic nitrogens is 2. The molecule has 0 unspecified atom stereocenters. The van der Waals surface area contributed by atoms with Crippen molar-refractivity contribution in [1.29, 1.82) is 0 Å². The molecule has 0 aromatic carbocycles. The topological polar surface area (TPSA) is 59.8 Å². The van der Waals surface area contributed by atoms with Gasteiger partial charge >= 0.3 is 6.09 Å². The number of piperazine rings is 1. The number of hydrogen-bond donors (Lipinski definition) is 0. The summed E-state index contributed by atoms with van der Waals surface area (Å²) in [4.78, 5) is 21.1. The monoisotopic (exact) mass is 510 g/mol. The Hall–Kier alpha value is -1.58. The number of carbonyl (C=O) groups is 1. The second kappa shape index (κ2) is 9.50. The molecule has 1 fully saturated rings. The average Bonchev–Trinajstić information content (AvgIpc) is 2.99. The first kappa shape index (κ1) is 24.1. The van der Waals surface area contributed by atoms with Crippen LogP contribution >= 0.6 is 15.9 Å². The van der Waals surface area contributed by atoms with E-state index >= 15 is 0 Å². The van der Waals surface area contributed by atoms with E-state index in [9.17, 15) is 4.79 Å². The summed E-state index contributed by atoms with van der Waals surface area (Å²) in [6, 6.07) is 3.20. The molecule has 2 aromatic rings. The minimum atomic E-state index is -1.11. The van der Waals surface area contributed by atoms with Gasteiger partial charge in [0.1, 0.15) is 18.0 Å². The zero-order valence-electron chi connectivity index (χ0n) is 19.6. The van der Waals surface area contributed by atoms with Crippen LogP contribution in [0.4, 0.5) is 10.5 Å². The van der Waals surface area contributed by atoms with Gasteiger partial charge in [-0.25, -0.2) is 9.78 Å². The molecule has 1 saturated heterocycles. The normalized spacial score (nSPS) is 15.6. The Labute approximate surface area is 194 Å². The average molecular weight is 512 g/mol. The maximum Gasteiger partial charge on any atom is 0.410 e. The molecule has 0 aliphatic carbocycles. The van der Waals surface area contributed by atoms with E-state index in [0.29, 0.717) is 19.8 Å². The van der Waals surface area contributed by atoms with Gasteiger partial charge in [-0.15, -0.1) is 0 Å². The lowest BCUT2D eigenvalue weighted by Gasteiger charge is -2.37. The third-order valence-corrected chi connectivity index (χ3v) is 7.49. The highest BCUT2D eigenvalue weighted by atomic mass is 79.9. The van der Waals surface area contributed by atoms with Gasteiger partial charge in [0.15, 0.2) is 0 Å². The lowest BCUT2D eigenvalue weighted by molar-refractivity contribution is 0.0240. The molecule has 2 aromatic heterocycles. The van der Waals surface area contributed by atoms with E-state index in [0.717, 1.165) is 46.9 Å². The number of pyridine rings is 1. The van der Waals surface area contributed by atoms with E-state index in [4.69, 9.17) is 9.47 Å². The van der Waals surface area contributed by atoms with Crippen molar-refractivity contribution in [3.05, 3.63) is 22.9 Å². The lowest BCUT2D eigenvalue weighted by atomic mass is 10.2. The number of anilines is 1. The van der Waals surface area contributed by atoms with Gasteiger partial charge in [0.25, 0.3) is 0 Å². The maximum atomic E-state index is 12.4. The number of rotatable bonds is 6. The summed E-state index contributed by atoms with van der Waals surface area (Å²) in [5.41, 5.74) is 1.56. The largest absolute Gasteiger partial charge is 0.444 e.